The van der Waals surface area contributed by atoms with E-state index in [-0.39, 0.29) is 6.42 Å². The smallest absolute Gasteiger partial charge is 0.328 e. The van der Waals surface area contributed by atoms with Crippen LogP contribution in [0.15, 0.2) is 0 Å². The number of carbonyl (C=O) groups excluding carboxylic acids is 4. The van der Waals surface area contributed by atoms with Crippen LogP contribution < -0.4 is 27.4 Å². The highest BCUT2D eigenvalue weighted by atomic mass is 16.4. The second kappa shape index (κ2) is 14.0. The van der Waals surface area contributed by atoms with Crippen LogP contribution in [0.1, 0.15) is 46.5 Å². The van der Waals surface area contributed by atoms with Crippen LogP contribution in [0.3, 0.4) is 0 Å². The fourth-order valence-corrected chi connectivity index (χ4v) is 2.71. The Labute approximate surface area is 190 Å². The van der Waals surface area contributed by atoms with Gasteiger partial charge >= 0.3 is 11.9 Å². The summed E-state index contributed by atoms with van der Waals surface area (Å²) < 4.78 is 0. The van der Waals surface area contributed by atoms with E-state index in [0.717, 1.165) is 0 Å². The number of carboxylic acid groups (broad SMARTS) is 2. The molecule has 0 saturated carbocycles. The first-order chi connectivity index (χ1) is 15.2. The first-order valence-electron chi connectivity index (χ1n) is 10.3. The van der Waals surface area contributed by atoms with Crippen molar-refractivity contribution in [2.45, 2.75) is 76.7 Å². The maximum absolute atomic E-state index is 12.8. The van der Waals surface area contributed by atoms with Gasteiger partial charge in [0, 0.05) is 6.42 Å². The number of primary amides is 1. The molecule has 0 fully saturated rings. The zero-order chi connectivity index (χ0) is 25.9. The van der Waals surface area contributed by atoms with E-state index in [1.54, 1.807) is 13.8 Å². The van der Waals surface area contributed by atoms with Crippen molar-refractivity contribution in [2.75, 3.05) is 0 Å². The second-order valence-corrected chi connectivity index (χ2v) is 7.71. The zero-order valence-electron chi connectivity index (χ0n) is 18.7. The third-order valence-electron chi connectivity index (χ3n) is 4.88. The molecule has 14 heteroatoms. The summed E-state index contributed by atoms with van der Waals surface area (Å²) in [7, 11) is 0. The number of nitrogens with two attached hydrogens (primary N) is 2. The van der Waals surface area contributed by atoms with E-state index in [1.165, 1.54) is 6.92 Å². The van der Waals surface area contributed by atoms with Crippen LogP contribution in [0.4, 0.5) is 0 Å². The Balaban J connectivity index is 5.63. The molecule has 14 nitrogen and oxygen atoms in total. The molecule has 0 radical (unpaired) electrons. The summed E-state index contributed by atoms with van der Waals surface area (Å²) in [6, 6.07) is -5.68. The zero-order valence-corrected chi connectivity index (χ0v) is 18.7. The Hall–Kier alpha value is -3.26. The number of aliphatic carboxylic acids is 2. The number of carbonyl (C=O) groups is 6. The highest BCUT2D eigenvalue weighted by Crippen LogP contribution is 2.10. The van der Waals surface area contributed by atoms with Crippen molar-refractivity contribution in [3.63, 3.8) is 0 Å². The Morgan fingerprint density at radius 3 is 1.85 bits per heavy atom. The lowest BCUT2D eigenvalue weighted by Gasteiger charge is -2.28. The number of hydrogen-bond donors (Lipinski definition) is 8. The lowest BCUT2D eigenvalue weighted by Crippen LogP contribution is -2.59. The predicted octanol–water partition coefficient (Wildman–Crippen LogP) is -2.98. The molecule has 0 bridgehead atoms. The summed E-state index contributed by atoms with van der Waals surface area (Å²) in [6.45, 7) is 4.49. The fourth-order valence-electron chi connectivity index (χ4n) is 2.71. The Morgan fingerprint density at radius 1 is 0.879 bits per heavy atom. The summed E-state index contributed by atoms with van der Waals surface area (Å²) in [5, 5.41) is 34.5. The molecule has 0 aliphatic carbocycles. The summed E-state index contributed by atoms with van der Waals surface area (Å²) in [5.41, 5.74) is 10.5. The summed E-state index contributed by atoms with van der Waals surface area (Å²) in [5.74, 6) is -6.82. The molecule has 0 rings (SSSR count). The maximum Gasteiger partial charge on any atom is 0.328 e. The molecule has 4 amide bonds. The van der Waals surface area contributed by atoms with Crippen LogP contribution >= 0.6 is 0 Å². The van der Waals surface area contributed by atoms with Gasteiger partial charge in [0.2, 0.25) is 23.6 Å². The van der Waals surface area contributed by atoms with Gasteiger partial charge in [0.25, 0.3) is 0 Å². The molecule has 188 valence electrons. The molecule has 6 atom stereocenters. The van der Waals surface area contributed by atoms with Crippen molar-refractivity contribution in [2.24, 2.45) is 17.4 Å². The lowest BCUT2D eigenvalue weighted by molar-refractivity contribution is -0.145. The quantitative estimate of drug-likeness (QED) is 0.119. The minimum Gasteiger partial charge on any atom is -0.481 e. The van der Waals surface area contributed by atoms with Gasteiger partial charge in [-0.15, -0.1) is 0 Å². The minimum absolute atomic E-state index is 0.351. The summed E-state index contributed by atoms with van der Waals surface area (Å²) >= 11 is 0. The van der Waals surface area contributed by atoms with Crippen LogP contribution in [-0.2, 0) is 28.8 Å². The number of aliphatic hydroxyl groups is 1. The Kier molecular flexibility index (Phi) is 12.6. The first kappa shape index (κ1) is 29.7. The molecule has 0 heterocycles. The highest BCUT2D eigenvalue weighted by molar-refractivity contribution is 5.95. The summed E-state index contributed by atoms with van der Waals surface area (Å²) in [4.78, 5) is 70.9. The standard InChI is InChI=1S/C19H33N5O9/c1-4-8(2)14(18(31)24-15(9(3)25)19(32)33)23-17(30)11(5-6-13(27)28)22-16(29)10(20)7-12(21)26/h8-11,14-15,25H,4-7,20H2,1-3H3,(H2,21,26)(H,22,29)(H,23,30)(H,24,31)(H,27,28)(H,32,33). The largest absolute Gasteiger partial charge is 0.481 e. The number of aliphatic hydroxyl groups excluding tert-OH is 1. The summed E-state index contributed by atoms with van der Waals surface area (Å²) in [6.07, 6.45) is -2.40. The van der Waals surface area contributed by atoms with E-state index >= 15 is 0 Å². The van der Waals surface area contributed by atoms with Crippen LogP contribution in [0.25, 0.3) is 0 Å². The van der Waals surface area contributed by atoms with E-state index in [2.05, 4.69) is 16.0 Å². The second-order valence-electron chi connectivity index (χ2n) is 7.71. The molecule has 0 aliphatic rings. The number of hydrogen-bond acceptors (Lipinski definition) is 8. The Bertz CT molecular complexity index is 743. The average Bonchev–Trinajstić information content (AvgIpc) is 2.70. The molecule has 0 saturated heterocycles. The van der Waals surface area contributed by atoms with Gasteiger partial charge in [-0.05, 0) is 19.3 Å². The monoisotopic (exact) mass is 475 g/mol. The van der Waals surface area contributed by atoms with Gasteiger partial charge in [-0.1, -0.05) is 20.3 Å². The van der Waals surface area contributed by atoms with Crippen LogP contribution in [-0.4, -0.2) is 81.2 Å². The van der Waals surface area contributed by atoms with Crippen molar-refractivity contribution in [3.8, 4) is 0 Å². The van der Waals surface area contributed by atoms with Gasteiger partial charge in [-0.2, -0.15) is 0 Å². The van der Waals surface area contributed by atoms with Crippen LogP contribution in [0.5, 0.6) is 0 Å². The van der Waals surface area contributed by atoms with Gasteiger partial charge in [0.1, 0.15) is 12.1 Å². The number of amides is 4. The highest BCUT2D eigenvalue weighted by Gasteiger charge is 2.34. The molecule has 0 aliphatic heterocycles. The average molecular weight is 475 g/mol. The van der Waals surface area contributed by atoms with Crippen LogP contribution in [0.2, 0.25) is 0 Å². The Morgan fingerprint density at radius 2 is 1.42 bits per heavy atom. The van der Waals surface area contributed by atoms with E-state index in [0.29, 0.717) is 6.42 Å². The minimum atomic E-state index is -1.63. The topological polar surface area (TPSA) is 251 Å². The van der Waals surface area contributed by atoms with Crippen molar-refractivity contribution in [3.05, 3.63) is 0 Å². The molecule has 0 spiro atoms. The molecular weight excluding hydrogens is 442 g/mol. The third-order valence-corrected chi connectivity index (χ3v) is 4.88. The van der Waals surface area contributed by atoms with E-state index in [9.17, 15) is 33.9 Å². The lowest BCUT2D eigenvalue weighted by atomic mass is 9.96. The van der Waals surface area contributed by atoms with Crippen molar-refractivity contribution < 1.29 is 44.1 Å². The van der Waals surface area contributed by atoms with E-state index < -0.39 is 84.6 Å². The molecule has 0 aromatic rings. The first-order valence-corrected chi connectivity index (χ1v) is 10.3. The molecule has 0 aromatic carbocycles. The molecule has 6 unspecified atom stereocenters. The van der Waals surface area contributed by atoms with Gasteiger partial charge in [-0.25, -0.2) is 4.79 Å². The predicted molar refractivity (Wildman–Crippen MR) is 113 cm³/mol. The van der Waals surface area contributed by atoms with Crippen LogP contribution in [0, 0.1) is 5.92 Å². The van der Waals surface area contributed by atoms with Crippen molar-refractivity contribution in [1.29, 1.82) is 0 Å². The number of carboxylic acids is 2. The normalized spacial score (nSPS) is 16.3. The van der Waals surface area contributed by atoms with E-state index in [1.807, 2.05) is 0 Å². The molecule has 33 heavy (non-hydrogen) atoms. The number of rotatable bonds is 15. The van der Waals surface area contributed by atoms with Gasteiger partial charge in [-0.3, -0.25) is 24.0 Å². The van der Waals surface area contributed by atoms with Crippen molar-refractivity contribution >= 4 is 35.6 Å². The third kappa shape index (κ3) is 10.7. The molecule has 10 N–H and O–H groups in total. The maximum atomic E-state index is 12.8. The SMILES string of the molecule is CCC(C)C(NC(=O)C(CCC(=O)O)NC(=O)C(N)CC(N)=O)C(=O)NC(C(=O)O)C(C)O. The van der Waals surface area contributed by atoms with Crippen molar-refractivity contribution in [1.82, 2.24) is 16.0 Å². The van der Waals surface area contributed by atoms with E-state index in [4.69, 9.17) is 21.7 Å². The number of nitrogens with one attached hydrogen (secondary N) is 3. The fraction of sp³-hybridized carbons (Fsp3) is 0.684. The van der Waals surface area contributed by atoms with Gasteiger partial charge in [0.05, 0.1) is 18.6 Å². The molecule has 0 aromatic heterocycles. The molecular formula is C19H33N5O9. The van der Waals surface area contributed by atoms with Gasteiger partial charge < -0.3 is 42.7 Å². The van der Waals surface area contributed by atoms with Gasteiger partial charge in [0.15, 0.2) is 6.04 Å².